The summed E-state index contributed by atoms with van der Waals surface area (Å²) in [7, 11) is 0. The molecule has 3 heteroatoms. The molecule has 2 heterocycles. The maximum atomic E-state index is 13.0. The maximum absolute atomic E-state index is 13.0. The van der Waals surface area contributed by atoms with Crippen molar-refractivity contribution in [3.05, 3.63) is 66.0 Å². The van der Waals surface area contributed by atoms with Crippen LogP contribution < -0.4 is 0 Å². The number of piperidine rings is 1. The molecule has 3 rings (SSSR count). The summed E-state index contributed by atoms with van der Waals surface area (Å²) in [5, 5.41) is 0. The first-order chi connectivity index (χ1) is 12.2. The van der Waals surface area contributed by atoms with Crippen molar-refractivity contribution in [1.29, 1.82) is 0 Å². The monoisotopic (exact) mass is 336 g/mol. The number of benzene rings is 1. The second-order valence-electron chi connectivity index (χ2n) is 7.09. The molecule has 0 radical (unpaired) electrons. The summed E-state index contributed by atoms with van der Waals surface area (Å²) in [6.07, 6.45) is 6.10. The topological polar surface area (TPSA) is 33.2 Å². The fourth-order valence-corrected chi connectivity index (χ4v) is 4.15. The third-order valence-corrected chi connectivity index (χ3v) is 5.55. The van der Waals surface area contributed by atoms with E-state index < -0.39 is 0 Å². The zero-order chi connectivity index (χ0) is 17.6. The van der Waals surface area contributed by atoms with Gasteiger partial charge in [0, 0.05) is 18.8 Å². The molecule has 1 aromatic carbocycles. The van der Waals surface area contributed by atoms with E-state index in [4.69, 9.17) is 0 Å². The van der Waals surface area contributed by atoms with Gasteiger partial charge < -0.3 is 4.90 Å². The van der Waals surface area contributed by atoms with Crippen molar-refractivity contribution in [2.45, 2.75) is 51.5 Å². The Labute approximate surface area is 151 Å². The van der Waals surface area contributed by atoms with Crippen molar-refractivity contribution in [3.8, 4) is 0 Å². The fourth-order valence-electron chi connectivity index (χ4n) is 4.15. The molecule has 0 spiro atoms. The first kappa shape index (κ1) is 17.7. The van der Waals surface area contributed by atoms with E-state index >= 15 is 0 Å². The summed E-state index contributed by atoms with van der Waals surface area (Å²) >= 11 is 0. The van der Waals surface area contributed by atoms with Crippen LogP contribution in [0.3, 0.4) is 0 Å². The Hall–Kier alpha value is -2.16. The minimum Gasteiger partial charge on any atom is -0.334 e. The van der Waals surface area contributed by atoms with Crippen molar-refractivity contribution >= 4 is 5.91 Å². The Morgan fingerprint density at radius 1 is 1.16 bits per heavy atom. The van der Waals surface area contributed by atoms with Gasteiger partial charge in [-0.15, -0.1) is 0 Å². The molecule has 25 heavy (non-hydrogen) atoms. The molecule has 1 aliphatic rings. The van der Waals surface area contributed by atoms with Crippen molar-refractivity contribution < 1.29 is 4.79 Å². The molecule has 2 aromatic rings. The molecule has 1 amide bonds. The van der Waals surface area contributed by atoms with E-state index in [9.17, 15) is 4.79 Å². The van der Waals surface area contributed by atoms with E-state index in [1.807, 2.05) is 18.2 Å². The van der Waals surface area contributed by atoms with Crippen LogP contribution in [0, 0.1) is 5.92 Å². The molecule has 1 saturated heterocycles. The lowest BCUT2D eigenvalue weighted by Gasteiger charge is -2.44. The van der Waals surface area contributed by atoms with Crippen LogP contribution in [-0.2, 0) is 0 Å². The molecule has 132 valence electrons. The molecule has 1 fully saturated rings. The summed E-state index contributed by atoms with van der Waals surface area (Å²) in [6, 6.07) is 16.6. The van der Waals surface area contributed by atoms with Gasteiger partial charge in [0.2, 0.25) is 0 Å². The van der Waals surface area contributed by atoms with Gasteiger partial charge in [-0.25, -0.2) is 0 Å². The van der Waals surface area contributed by atoms with Gasteiger partial charge in [-0.1, -0.05) is 63.1 Å². The first-order valence-electron chi connectivity index (χ1n) is 9.49. The number of unbranched alkanes of at least 4 members (excludes halogenated alkanes) is 1. The highest BCUT2D eigenvalue weighted by molar-refractivity contribution is 5.92. The van der Waals surface area contributed by atoms with Gasteiger partial charge in [-0.2, -0.15) is 0 Å². The molecule has 3 nitrogen and oxygen atoms in total. The summed E-state index contributed by atoms with van der Waals surface area (Å²) in [5.41, 5.74) is 1.97. The molecule has 3 atom stereocenters. The first-order valence-corrected chi connectivity index (χ1v) is 9.49. The highest BCUT2D eigenvalue weighted by atomic mass is 16.2. The van der Waals surface area contributed by atoms with Gasteiger partial charge in [0.05, 0.1) is 0 Å². The lowest BCUT2D eigenvalue weighted by Crippen LogP contribution is -2.50. The van der Waals surface area contributed by atoms with E-state index in [1.54, 1.807) is 6.20 Å². The van der Waals surface area contributed by atoms with E-state index in [1.165, 1.54) is 5.56 Å². The van der Waals surface area contributed by atoms with Crippen molar-refractivity contribution in [3.63, 3.8) is 0 Å². The number of rotatable bonds is 5. The second kappa shape index (κ2) is 8.28. The lowest BCUT2D eigenvalue weighted by molar-refractivity contribution is 0.0439. The van der Waals surface area contributed by atoms with Crippen LogP contribution >= 0.6 is 0 Å². The minimum atomic E-state index is 0.0834. The summed E-state index contributed by atoms with van der Waals surface area (Å²) in [5.74, 6) is 1.06. The molecular weight excluding hydrogens is 308 g/mol. The predicted octanol–water partition coefficient (Wildman–Crippen LogP) is 4.91. The number of carbonyl (C=O) groups is 1. The largest absolute Gasteiger partial charge is 0.334 e. The Morgan fingerprint density at radius 3 is 2.60 bits per heavy atom. The molecule has 0 unspecified atom stereocenters. The van der Waals surface area contributed by atoms with Crippen LogP contribution in [0.5, 0.6) is 0 Å². The molecular formula is C22H28N2O. The molecule has 0 bridgehead atoms. The van der Waals surface area contributed by atoms with Crippen molar-refractivity contribution in [1.82, 2.24) is 9.88 Å². The second-order valence-corrected chi connectivity index (χ2v) is 7.09. The maximum Gasteiger partial charge on any atom is 0.272 e. The Bertz CT molecular complexity index is 671. The molecule has 0 saturated carbocycles. The van der Waals surface area contributed by atoms with Gasteiger partial charge >= 0.3 is 0 Å². The number of hydrogen-bond acceptors (Lipinski definition) is 2. The van der Waals surface area contributed by atoms with Crippen LogP contribution in [0.1, 0.15) is 61.5 Å². The number of pyridine rings is 1. The van der Waals surface area contributed by atoms with Crippen LogP contribution in [0.4, 0.5) is 0 Å². The normalized spacial score (nSPS) is 23.4. The van der Waals surface area contributed by atoms with E-state index in [0.717, 1.165) is 32.2 Å². The van der Waals surface area contributed by atoms with E-state index in [2.05, 4.69) is 54.1 Å². The Kier molecular flexibility index (Phi) is 5.85. The highest BCUT2D eigenvalue weighted by Crippen LogP contribution is 2.38. The van der Waals surface area contributed by atoms with Crippen LogP contribution in [0.25, 0.3) is 0 Å². The van der Waals surface area contributed by atoms with Crippen LogP contribution in [0.2, 0.25) is 0 Å². The number of hydrogen-bond donors (Lipinski definition) is 0. The van der Waals surface area contributed by atoms with Crippen molar-refractivity contribution in [2.75, 3.05) is 6.54 Å². The quantitative estimate of drug-likeness (QED) is 0.777. The third kappa shape index (κ3) is 3.92. The van der Waals surface area contributed by atoms with Gasteiger partial charge in [-0.3, -0.25) is 9.78 Å². The van der Waals surface area contributed by atoms with E-state index in [-0.39, 0.29) is 11.9 Å². The van der Waals surface area contributed by atoms with Gasteiger partial charge in [0.15, 0.2) is 0 Å². The van der Waals surface area contributed by atoms with Gasteiger partial charge in [0.1, 0.15) is 5.69 Å². The number of amides is 1. The Morgan fingerprint density at radius 2 is 1.92 bits per heavy atom. The summed E-state index contributed by atoms with van der Waals surface area (Å²) in [4.78, 5) is 19.4. The SMILES string of the molecule is CCCC[C@@H]1[C@H](C)[C@@H](c2ccccc2)CCN1C(=O)c1ccccn1. The molecule has 0 N–H and O–H groups in total. The standard InChI is InChI=1S/C22H28N2O/c1-3-4-13-21-17(2)19(18-10-6-5-7-11-18)14-16-24(21)22(25)20-12-8-9-15-23-20/h5-12,15,17,19,21H,3-4,13-14,16H2,1-2H3/t17-,19+,21-/m1/s1. The number of nitrogens with zero attached hydrogens (tertiary/aromatic N) is 2. The van der Waals surface area contributed by atoms with Crippen LogP contribution in [-0.4, -0.2) is 28.4 Å². The Balaban J connectivity index is 1.83. The minimum absolute atomic E-state index is 0.0834. The average molecular weight is 336 g/mol. The summed E-state index contributed by atoms with van der Waals surface area (Å²) in [6.45, 7) is 5.34. The highest BCUT2D eigenvalue weighted by Gasteiger charge is 2.38. The van der Waals surface area contributed by atoms with Gasteiger partial charge in [-0.05, 0) is 42.4 Å². The third-order valence-electron chi connectivity index (χ3n) is 5.55. The number of carbonyl (C=O) groups excluding carboxylic acids is 1. The molecule has 1 aliphatic heterocycles. The zero-order valence-electron chi connectivity index (χ0n) is 15.3. The number of aromatic nitrogens is 1. The van der Waals surface area contributed by atoms with Gasteiger partial charge in [0.25, 0.3) is 5.91 Å². The summed E-state index contributed by atoms with van der Waals surface area (Å²) < 4.78 is 0. The fraction of sp³-hybridized carbons (Fsp3) is 0.455. The van der Waals surface area contributed by atoms with Crippen LogP contribution in [0.15, 0.2) is 54.7 Å². The number of likely N-dealkylation sites (tertiary alicyclic amines) is 1. The average Bonchev–Trinajstić information content (AvgIpc) is 2.67. The molecule has 1 aromatic heterocycles. The van der Waals surface area contributed by atoms with E-state index in [0.29, 0.717) is 17.5 Å². The lowest BCUT2D eigenvalue weighted by atomic mass is 9.75. The van der Waals surface area contributed by atoms with Crippen molar-refractivity contribution in [2.24, 2.45) is 5.92 Å². The predicted molar refractivity (Wildman–Crippen MR) is 102 cm³/mol. The smallest absolute Gasteiger partial charge is 0.272 e. The zero-order valence-corrected chi connectivity index (χ0v) is 15.3. The molecule has 0 aliphatic carbocycles.